The highest BCUT2D eigenvalue weighted by Crippen LogP contribution is 2.29. The molecule has 12 heteroatoms. The SMILES string of the molecule is CCCCCCCCCCCCCCCC(=O)O[C@@H]1[C@H](O)[C@@H](O[C@@H]2O[C@H](CO)[C@H](O)[C@H](O)[C@H]2O)O[C@H](CO)[C@H]1O. The largest absolute Gasteiger partial charge is 0.456 e. The third-order valence-electron chi connectivity index (χ3n) is 7.69. The summed E-state index contributed by atoms with van der Waals surface area (Å²) in [6.07, 6.45) is -0.429. The number of aliphatic hydroxyl groups is 7. The minimum absolute atomic E-state index is 0.0938. The minimum atomic E-state index is -1.76. The molecule has 0 spiro atoms. The zero-order chi connectivity index (χ0) is 29.5. The maximum atomic E-state index is 12.5. The standard InChI is InChI=1S/C28H52O12/c1-2-3-4-5-6-7-8-9-10-11-12-13-14-15-20(31)39-26-22(33)19(17-30)38-28(25(26)36)40-27-24(35)23(34)21(32)18(16-29)37-27/h18-19,21-30,32-36H,2-17H2,1H3/t18-,19-,21+,22-,23+,24-,25+,26+,27+,28-/m1/s1. The lowest BCUT2D eigenvalue weighted by molar-refractivity contribution is -0.376. The van der Waals surface area contributed by atoms with E-state index in [1.54, 1.807) is 0 Å². The lowest BCUT2D eigenvalue weighted by Crippen LogP contribution is -2.64. The lowest BCUT2D eigenvalue weighted by atomic mass is 9.98. The summed E-state index contributed by atoms with van der Waals surface area (Å²) in [5.74, 6) is -0.628. The quantitative estimate of drug-likeness (QED) is 0.0833. The van der Waals surface area contributed by atoms with E-state index >= 15 is 0 Å². The van der Waals surface area contributed by atoms with Gasteiger partial charge < -0.3 is 54.7 Å². The van der Waals surface area contributed by atoms with E-state index in [0.717, 1.165) is 19.3 Å². The first-order chi connectivity index (χ1) is 19.2. The van der Waals surface area contributed by atoms with Gasteiger partial charge in [0.2, 0.25) is 0 Å². The van der Waals surface area contributed by atoms with Gasteiger partial charge in [0.25, 0.3) is 0 Å². The van der Waals surface area contributed by atoms with E-state index in [1.165, 1.54) is 57.8 Å². The Balaban J connectivity index is 1.72. The van der Waals surface area contributed by atoms with E-state index in [9.17, 15) is 40.5 Å². The van der Waals surface area contributed by atoms with Crippen LogP contribution in [0.15, 0.2) is 0 Å². The number of rotatable bonds is 19. The van der Waals surface area contributed by atoms with Crippen molar-refractivity contribution in [1.29, 1.82) is 0 Å². The molecule has 2 aliphatic heterocycles. The average molecular weight is 581 g/mol. The van der Waals surface area contributed by atoms with Gasteiger partial charge in [-0.05, 0) is 6.42 Å². The number of ether oxygens (including phenoxy) is 4. The topological polar surface area (TPSA) is 196 Å². The Morgan fingerprint density at radius 3 is 1.55 bits per heavy atom. The minimum Gasteiger partial charge on any atom is -0.456 e. The van der Waals surface area contributed by atoms with Crippen LogP contribution in [0.2, 0.25) is 0 Å². The van der Waals surface area contributed by atoms with Gasteiger partial charge in [-0.2, -0.15) is 0 Å². The van der Waals surface area contributed by atoms with E-state index in [-0.39, 0.29) is 6.42 Å². The predicted molar refractivity (Wildman–Crippen MR) is 143 cm³/mol. The first-order valence-corrected chi connectivity index (χ1v) is 15.0. The van der Waals surface area contributed by atoms with Crippen molar-refractivity contribution in [3.63, 3.8) is 0 Å². The third-order valence-corrected chi connectivity index (χ3v) is 7.69. The smallest absolute Gasteiger partial charge is 0.306 e. The van der Waals surface area contributed by atoms with Crippen molar-refractivity contribution in [2.24, 2.45) is 0 Å². The Kier molecular flexibility index (Phi) is 17.0. The molecule has 0 aromatic heterocycles. The second kappa shape index (κ2) is 19.3. The molecule has 2 rings (SSSR count). The summed E-state index contributed by atoms with van der Waals surface area (Å²) in [5.41, 5.74) is 0. The molecule has 2 heterocycles. The van der Waals surface area contributed by atoms with Crippen LogP contribution in [0, 0.1) is 0 Å². The number of aliphatic hydroxyl groups excluding tert-OH is 7. The Hall–Kier alpha value is -0.930. The number of carbonyl (C=O) groups is 1. The second-order valence-corrected chi connectivity index (χ2v) is 11.0. The summed E-state index contributed by atoms with van der Waals surface area (Å²) >= 11 is 0. The molecular weight excluding hydrogens is 528 g/mol. The molecule has 40 heavy (non-hydrogen) atoms. The van der Waals surface area contributed by atoms with Crippen molar-refractivity contribution < 1.29 is 59.5 Å². The lowest BCUT2D eigenvalue weighted by Gasteiger charge is -2.45. The van der Waals surface area contributed by atoms with Crippen LogP contribution in [-0.4, -0.2) is 116 Å². The highest BCUT2D eigenvalue weighted by atomic mass is 16.8. The molecule has 0 radical (unpaired) electrons. The molecule has 236 valence electrons. The summed E-state index contributed by atoms with van der Waals surface area (Å²) in [7, 11) is 0. The summed E-state index contributed by atoms with van der Waals surface area (Å²) in [6.45, 7) is 0.854. The Labute approximate surface area is 237 Å². The summed E-state index contributed by atoms with van der Waals surface area (Å²) in [6, 6.07) is 0. The second-order valence-electron chi connectivity index (χ2n) is 11.0. The van der Waals surface area contributed by atoms with Gasteiger partial charge in [-0.3, -0.25) is 4.79 Å². The zero-order valence-corrected chi connectivity index (χ0v) is 23.8. The fraction of sp³-hybridized carbons (Fsp3) is 0.964. The van der Waals surface area contributed by atoms with Gasteiger partial charge in [0, 0.05) is 6.42 Å². The molecule has 0 amide bonds. The van der Waals surface area contributed by atoms with Gasteiger partial charge in [0.1, 0.15) is 42.7 Å². The van der Waals surface area contributed by atoms with Crippen LogP contribution in [0.3, 0.4) is 0 Å². The average Bonchev–Trinajstić information content (AvgIpc) is 2.95. The van der Waals surface area contributed by atoms with E-state index < -0.39 is 80.6 Å². The monoisotopic (exact) mass is 580 g/mol. The van der Waals surface area contributed by atoms with Crippen molar-refractivity contribution in [2.45, 2.75) is 158 Å². The molecule has 12 nitrogen and oxygen atoms in total. The van der Waals surface area contributed by atoms with Crippen LogP contribution in [0.5, 0.6) is 0 Å². The van der Waals surface area contributed by atoms with Crippen LogP contribution >= 0.6 is 0 Å². The van der Waals surface area contributed by atoms with Gasteiger partial charge >= 0.3 is 5.97 Å². The van der Waals surface area contributed by atoms with Crippen molar-refractivity contribution in [2.75, 3.05) is 13.2 Å². The van der Waals surface area contributed by atoms with E-state index in [1.807, 2.05) is 0 Å². The molecule has 2 aliphatic rings. The molecule has 7 N–H and O–H groups in total. The number of carbonyl (C=O) groups excluding carboxylic acids is 1. The van der Waals surface area contributed by atoms with Gasteiger partial charge in [-0.1, -0.05) is 84.0 Å². The molecule has 0 aromatic carbocycles. The Morgan fingerprint density at radius 2 is 1.05 bits per heavy atom. The van der Waals surface area contributed by atoms with E-state index in [0.29, 0.717) is 6.42 Å². The number of hydrogen-bond donors (Lipinski definition) is 7. The fourth-order valence-corrected chi connectivity index (χ4v) is 5.11. The fourth-order valence-electron chi connectivity index (χ4n) is 5.11. The summed E-state index contributed by atoms with van der Waals surface area (Å²) < 4.78 is 21.4. The molecule has 0 saturated carbocycles. The van der Waals surface area contributed by atoms with Gasteiger partial charge in [0.05, 0.1) is 13.2 Å². The van der Waals surface area contributed by atoms with Gasteiger partial charge in [-0.15, -0.1) is 0 Å². The number of unbranched alkanes of at least 4 members (excludes halogenated alkanes) is 12. The third kappa shape index (κ3) is 11.0. The van der Waals surface area contributed by atoms with E-state index in [2.05, 4.69) is 6.92 Å². The molecular formula is C28H52O12. The molecule has 10 atom stereocenters. The molecule has 0 bridgehead atoms. The normalized spacial score (nSPS) is 34.6. The highest BCUT2D eigenvalue weighted by molar-refractivity contribution is 5.69. The Morgan fingerprint density at radius 1 is 0.600 bits per heavy atom. The number of hydrogen-bond acceptors (Lipinski definition) is 12. The molecule has 2 fully saturated rings. The number of esters is 1. The highest BCUT2D eigenvalue weighted by Gasteiger charge is 2.51. The zero-order valence-electron chi connectivity index (χ0n) is 23.8. The maximum Gasteiger partial charge on any atom is 0.306 e. The van der Waals surface area contributed by atoms with Crippen LogP contribution < -0.4 is 0 Å². The van der Waals surface area contributed by atoms with Crippen LogP contribution in [0.1, 0.15) is 96.8 Å². The van der Waals surface area contributed by atoms with Gasteiger partial charge in [0.15, 0.2) is 18.7 Å². The van der Waals surface area contributed by atoms with Crippen LogP contribution in [-0.2, 0) is 23.7 Å². The molecule has 2 saturated heterocycles. The maximum absolute atomic E-state index is 12.5. The van der Waals surface area contributed by atoms with Crippen molar-refractivity contribution >= 4 is 5.97 Å². The van der Waals surface area contributed by atoms with Crippen molar-refractivity contribution in [3.8, 4) is 0 Å². The molecule has 0 aliphatic carbocycles. The van der Waals surface area contributed by atoms with Crippen LogP contribution in [0.25, 0.3) is 0 Å². The summed E-state index contributed by atoms with van der Waals surface area (Å²) in [5, 5.41) is 70.3. The molecule has 0 unspecified atom stereocenters. The van der Waals surface area contributed by atoms with E-state index in [4.69, 9.17) is 18.9 Å². The summed E-state index contributed by atoms with van der Waals surface area (Å²) in [4.78, 5) is 12.5. The van der Waals surface area contributed by atoms with Crippen molar-refractivity contribution in [1.82, 2.24) is 0 Å². The predicted octanol–water partition coefficient (Wildman–Crippen LogP) is 0.635. The van der Waals surface area contributed by atoms with Crippen molar-refractivity contribution in [3.05, 3.63) is 0 Å². The Bertz CT molecular complexity index is 680. The van der Waals surface area contributed by atoms with Gasteiger partial charge in [-0.25, -0.2) is 0 Å². The first-order valence-electron chi connectivity index (χ1n) is 15.0. The molecule has 0 aromatic rings. The van der Waals surface area contributed by atoms with Crippen LogP contribution in [0.4, 0.5) is 0 Å². The first kappa shape index (κ1) is 35.3.